The largest absolute Gasteiger partial charge is 0.351 e. The van der Waals surface area contributed by atoms with Crippen molar-refractivity contribution in [3.8, 4) is 11.3 Å². The fraction of sp³-hybridized carbons (Fsp3) is 0.0588. The van der Waals surface area contributed by atoms with Crippen molar-refractivity contribution < 1.29 is 9.32 Å². The van der Waals surface area contributed by atoms with Gasteiger partial charge in [0.25, 0.3) is 5.91 Å². The molecule has 1 amide bonds. The Morgan fingerprint density at radius 2 is 2.08 bits per heavy atom. The second-order valence-electron chi connectivity index (χ2n) is 5.32. The maximum absolute atomic E-state index is 12.0. The predicted octanol–water partition coefficient (Wildman–Crippen LogP) is 2.95. The van der Waals surface area contributed by atoms with Gasteiger partial charge < -0.3 is 9.84 Å². The lowest BCUT2D eigenvalue weighted by Crippen LogP contribution is -2.10. The molecule has 0 unspecified atom stereocenters. The quantitative estimate of drug-likeness (QED) is 0.627. The van der Waals surface area contributed by atoms with Crippen molar-refractivity contribution in [2.75, 3.05) is 5.32 Å². The average molecular weight is 319 g/mol. The van der Waals surface area contributed by atoms with Gasteiger partial charge >= 0.3 is 0 Å². The number of benzene rings is 1. The smallest absolute Gasteiger partial charge is 0.294 e. The van der Waals surface area contributed by atoms with Crippen LogP contribution in [-0.2, 0) is 0 Å². The van der Waals surface area contributed by atoms with Crippen molar-refractivity contribution in [2.24, 2.45) is 0 Å². The summed E-state index contributed by atoms with van der Waals surface area (Å²) in [6, 6.07) is 10.9. The van der Waals surface area contributed by atoms with Crippen LogP contribution < -0.4 is 5.32 Å². The highest BCUT2D eigenvalue weighted by molar-refractivity contribution is 6.02. The van der Waals surface area contributed by atoms with Gasteiger partial charge in [0.1, 0.15) is 0 Å². The monoisotopic (exact) mass is 319 g/mol. The number of nitrogens with zero attached hydrogens (tertiary/aromatic N) is 4. The number of rotatable bonds is 3. The maximum atomic E-state index is 12.0. The number of aryl methyl sites for hydroxylation is 1. The van der Waals surface area contributed by atoms with Gasteiger partial charge in [0.2, 0.25) is 11.5 Å². The van der Waals surface area contributed by atoms with Crippen LogP contribution in [0.15, 0.2) is 59.5 Å². The summed E-state index contributed by atoms with van der Waals surface area (Å²) in [7, 11) is 0. The van der Waals surface area contributed by atoms with E-state index in [4.69, 9.17) is 4.52 Å². The van der Waals surface area contributed by atoms with Gasteiger partial charge in [-0.25, -0.2) is 9.97 Å². The molecule has 0 fully saturated rings. The third-order valence-electron chi connectivity index (χ3n) is 3.53. The highest BCUT2D eigenvalue weighted by Crippen LogP contribution is 2.21. The molecule has 0 atom stereocenters. The molecule has 0 bridgehead atoms. The maximum Gasteiger partial charge on any atom is 0.294 e. The van der Waals surface area contributed by atoms with E-state index in [0.717, 1.165) is 11.3 Å². The molecule has 1 aromatic carbocycles. The molecule has 0 saturated carbocycles. The molecule has 7 nitrogen and oxygen atoms in total. The molecule has 1 N–H and O–H groups in total. The Bertz CT molecular complexity index is 984. The van der Waals surface area contributed by atoms with Gasteiger partial charge in [0.15, 0.2) is 0 Å². The summed E-state index contributed by atoms with van der Waals surface area (Å²) in [5.74, 6) is 0.494. The zero-order valence-corrected chi connectivity index (χ0v) is 12.8. The van der Waals surface area contributed by atoms with Crippen LogP contribution in [0.2, 0.25) is 0 Å². The molecule has 3 aromatic heterocycles. The number of hydrogen-bond acceptors (Lipinski definition) is 5. The van der Waals surface area contributed by atoms with E-state index in [1.807, 2.05) is 47.1 Å². The first-order chi connectivity index (χ1) is 11.7. The van der Waals surface area contributed by atoms with Crippen molar-refractivity contribution >= 4 is 17.4 Å². The van der Waals surface area contributed by atoms with Crippen molar-refractivity contribution in [1.82, 2.24) is 19.5 Å². The predicted molar refractivity (Wildman–Crippen MR) is 87.6 cm³/mol. The first-order valence-corrected chi connectivity index (χ1v) is 7.34. The van der Waals surface area contributed by atoms with Crippen LogP contribution in [0.3, 0.4) is 0 Å². The molecule has 7 heteroatoms. The standard InChI is InChI=1S/C17H13N5O2/c1-11-9-15(24-21-11)16(23)19-13-5-3-12(4-6-13)14-10-22-8-2-7-18-17(22)20-14/h2-10H,1H3,(H,19,23). The molecular formula is C17H13N5O2. The van der Waals surface area contributed by atoms with E-state index in [2.05, 4.69) is 20.4 Å². The molecular weight excluding hydrogens is 306 g/mol. The van der Waals surface area contributed by atoms with E-state index in [1.54, 1.807) is 19.2 Å². The Hall–Kier alpha value is -3.48. The summed E-state index contributed by atoms with van der Waals surface area (Å²) in [5.41, 5.74) is 3.09. The number of imidazole rings is 1. The summed E-state index contributed by atoms with van der Waals surface area (Å²) in [5, 5.41) is 6.47. The Balaban J connectivity index is 1.55. The molecule has 3 heterocycles. The minimum absolute atomic E-state index is 0.183. The Labute approximate surface area is 137 Å². The van der Waals surface area contributed by atoms with Crippen LogP contribution in [0.1, 0.15) is 16.2 Å². The molecule has 0 aliphatic carbocycles. The SMILES string of the molecule is Cc1cc(C(=O)Nc2ccc(-c3cn4cccnc4n3)cc2)on1. The van der Waals surface area contributed by atoms with Crippen LogP contribution in [0.5, 0.6) is 0 Å². The number of anilines is 1. The molecule has 0 aliphatic heterocycles. The van der Waals surface area contributed by atoms with Crippen LogP contribution in [0, 0.1) is 6.92 Å². The lowest BCUT2D eigenvalue weighted by molar-refractivity contribution is 0.0988. The van der Waals surface area contributed by atoms with Gasteiger partial charge in [0.05, 0.1) is 11.4 Å². The Morgan fingerprint density at radius 1 is 1.25 bits per heavy atom. The molecule has 4 rings (SSSR count). The Morgan fingerprint density at radius 3 is 2.79 bits per heavy atom. The van der Waals surface area contributed by atoms with Crippen LogP contribution >= 0.6 is 0 Å². The van der Waals surface area contributed by atoms with Crippen molar-refractivity contribution in [1.29, 1.82) is 0 Å². The summed E-state index contributed by atoms with van der Waals surface area (Å²) >= 11 is 0. The van der Waals surface area contributed by atoms with Crippen LogP contribution in [-0.4, -0.2) is 25.4 Å². The van der Waals surface area contributed by atoms with Gasteiger partial charge in [-0.05, 0) is 25.1 Å². The van der Waals surface area contributed by atoms with E-state index >= 15 is 0 Å². The number of amides is 1. The minimum Gasteiger partial charge on any atom is -0.351 e. The van der Waals surface area contributed by atoms with E-state index in [9.17, 15) is 4.79 Å². The minimum atomic E-state index is -0.333. The lowest BCUT2D eigenvalue weighted by Gasteiger charge is -2.03. The van der Waals surface area contributed by atoms with Crippen LogP contribution in [0.25, 0.3) is 17.0 Å². The fourth-order valence-corrected chi connectivity index (χ4v) is 2.36. The van der Waals surface area contributed by atoms with Gasteiger partial charge in [-0.3, -0.25) is 9.20 Å². The molecule has 24 heavy (non-hydrogen) atoms. The normalized spacial score (nSPS) is 10.9. The second-order valence-corrected chi connectivity index (χ2v) is 5.32. The number of carbonyl (C=O) groups excluding carboxylic acids is 1. The number of carbonyl (C=O) groups is 1. The van der Waals surface area contributed by atoms with E-state index < -0.39 is 0 Å². The van der Waals surface area contributed by atoms with E-state index in [1.165, 1.54) is 0 Å². The molecule has 0 spiro atoms. The van der Waals surface area contributed by atoms with Gasteiger partial charge in [-0.1, -0.05) is 17.3 Å². The summed E-state index contributed by atoms with van der Waals surface area (Å²) < 4.78 is 6.80. The fourth-order valence-electron chi connectivity index (χ4n) is 2.36. The van der Waals surface area contributed by atoms with E-state index in [-0.39, 0.29) is 11.7 Å². The zero-order chi connectivity index (χ0) is 16.5. The third-order valence-corrected chi connectivity index (χ3v) is 3.53. The summed E-state index contributed by atoms with van der Waals surface area (Å²) in [6.07, 6.45) is 5.51. The highest BCUT2D eigenvalue weighted by atomic mass is 16.5. The topological polar surface area (TPSA) is 85.3 Å². The third kappa shape index (κ3) is 2.63. The lowest BCUT2D eigenvalue weighted by atomic mass is 10.1. The van der Waals surface area contributed by atoms with Crippen LogP contribution in [0.4, 0.5) is 5.69 Å². The van der Waals surface area contributed by atoms with Gasteiger partial charge in [0, 0.05) is 35.9 Å². The molecule has 118 valence electrons. The van der Waals surface area contributed by atoms with Gasteiger partial charge in [-0.2, -0.15) is 0 Å². The number of aromatic nitrogens is 4. The molecule has 4 aromatic rings. The first kappa shape index (κ1) is 14.1. The first-order valence-electron chi connectivity index (χ1n) is 7.34. The van der Waals surface area contributed by atoms with Crippen molar-refractivity contribution in [3.05, 3.63) is 66.4 Å². The van der Waals surface area contributed by atoms with Crippen molar-refractivity contribution in [2.45, 2.75) is 6.92 Å². The zero-order valence-electron chi connectivity index (χ0n) is 12.8. The molecule has 0 aliphatic rings. The van der Waals surface area contributed by atoms with Gasteiger partial charge in [-0.15, -0.1) is 0 Å². The molecule has 0 radical (unpaired) electrons. The highest BCUT2D eigenvalue weighted by Gasteiger charge is 2.12. The average Bonchev–Trinajstić information content (AvgIpc) is 3.21. The second kappa shape index (κ2) is 5.62. The molecule has 0 saturated heterocycles. The van der Waals surface area contributed by atoms with E-state index in [0.29, 0.717) is 17.2 Å². The van der Waals surface area contributed by atoms with Crippen molar-refractivity contribution in [3.63, 3.8) is 0 Å². The Kier molecular flexibility index (Phi) is 3.31. The summed E-state index contributed by atoms with van der Waals surface area (Å²) in [4.78, 5) is 20.7. The number of fused-ring (bicyclic) bond motifs is 1. The number of hydrogen-bond donors (Lipinski definition) is 1. The number of nitrogens with one attached hydrogen (secondary N) is 1. The summed E-state index contributed by atoms with van der Waals surface area (Å²) in [6.45, 7) is 1.76.